The Labute approximate surface area is 135 Å². The summed E-state index contributed by atoms with van der Waals surface area (Å²) in [5.41, 5.74) is 1.92. The lowest BCUT2D eigenvalue weighted by Crippen LogP contribution is -2.30. The lowest BCUT2D eigenvalue weighted by molar-refractivity contribution is 0.400. The molecule has 2 rings (SSSR count). The fraction of sp³-hybridized carbons (Fsp3) is 0.375. The second kappa shape index (κ2) is 7.38. The molecule has 0 spiro atoms. The van der Waals surface area contributed by atoms with Gasteiger partial charge in [-0.05, 0) is 63.9 Å². The van der Waals surface area contributed by atoms with Crippen LogP contribution in [0.5, 0.6) is 0 Å². The second-order valence-corrected chi connectivity index (χ2v) is 5.91. The van der Waals surface area contributed by atoms with Crippen LogP contribution >= 0.6 is 12.2 Å². The Morgan fingerprint density at radius 3 is 2.82 bits per heavy atom. The summed E-state index contributed by atoms with van der Waals surface area (Å²) in [6.07, 6.45) is 1.01. The molecule has 0 unspecified atom stereocenters. The van der Waals surface area contributed by atoms with Gasteiger partial charge in [-0.3, -0.25) is 0 Å². The minimum absolute atomic E-state index is 0.341. The first-order chi connectivity index (χ1) is 10.5. The van der Waals surface area contributed by atoms with Gasteiger partial charge in [0.2, 0.25) is 0 Å². The van der Waals surface area contributed by atoms with E-state index in [1.807, 2.05) is 33.2 Å². The Hall–Kier alpha value is -1.92. The molecule has 0 aliphatic heterocycles. The maximum atomic E-state index is 11.4. The first-order valence-electron chi connectivity index (χ1n) is 7.20. The van der Waals surface area contributed by atoms with E-state index < -0.39 is 0 Å². The van der Waals surface area contributed by atoms with Crippen LogP contribution < -0.4 is 16.3 Å². The van der Waals surface area contributed by atoms with Gasteiger partial charge in [-0.2, -0.15) is 0 Å². The Morgan fingerprint density at radius 2 is 2.09 bits per heavy atom. The molecule has 0 saturated heterocycles. The molecule has 5 nitrogen and oxygen atoms in total. The van der Waals surface area contributed by atoms with Gasteiger partial charge in [-0.25, -0.2) is 4.79 Å². The standard InChI is InChI=1S/C16H21N3O2S/c1-11-9-15(20)21-14-10-12(5-6-13(11)14)18-16(22)17-7-4-8-19(2)3/h5-6,9-10H,4,7-8H2,1-3H3,(H2,17,18,22). The van der Waals surface area contributed by atoms with E-state index >= 15 is 0 Å². The molecule has 0 bridgehead atoms. The highest BCUT2D eigenvalue weighted by Crippen LogP contribution is 2.20. The van der Waals surface area contributed by atoms with Gasteiger partial charge in [0.1, 0.15) is 5.58 Å². The monoisotopic (exact) mass is 319 g/mol. The van der Waals surface area contributed by atoms with Crippen LogP contribution in [0, 0.1) is 6.92 Å². The molecule has 0 aliphatic carbocycles. The molecule has 0 fully saturated rings. The maximum absolute atomic E-state index is 11.4. The highest BCUT2D eigenvalue weighted by Gasteiger charge is 2.04. The van der Waals surface area contributed by atoms with Gasteiger partial charge in [0.05, 0.1) is 0 Å². The maximum Gasteiger partial charge on any atom is 0.336 e. The Morgan fingerprint density at radius 1 is 1.32 bits per heavy atom. The number of benzene rings is 1. The van der Waals surface area contributed by atoms with Crippen LogP contribution in [0.1, 0.15) is 12.0 Å². The summed E-state index contributed by atoms with van der Waals surface area (Å²) in [5.74, 6) is 0. The van der Waals surface area contributed by atoms with Crippen molar-refractivity contribution in [2.24, 2.45) is 0 Å². The molecule has 6 heteroatoms. The smallest absolute Gasteiger partial charge is 0.336 e. The quantitative estimate of drug-likeness (QED) is 0.501. The molecule has 0 atom stereocenters. The summed E-state index contributed by atoms with van der Waals surface area (Å²) in [7, 11) is 4.09. The number of thiocarbonyl (C=S) groups is 1. The van der Waals surface area contributed by atoms with Crippen molar-refractivity contribution in [3.8, 4) is 0 Å². The predicted molar refractivity (Wildman–Crippen MR) is 94.6 cm³/mol. The van der Waals surface area contributed by atoms with Crippen molar-refractivity contribution in [3.63, 3.8) is 0 Å². The number of fused-ring (bicyclic) bond motifs is 1. The number of nitrogens with one attached hydrogen (secondary N) is 2. The van der Waals surface area contributed by atoms with Gasteiger partial charge in [-0.1, -0.05) is 0 Å². The van der Waals surface area contributed by atoms with Crippen LogP contribution in [0.4, 0.5) is 5.69 Å². The summed E-state index contributed by atoms with van der Waals surface area (Å²) < 4.78 is 5.22. The van der Waals surface area contributed by atoms with E-state index in [1.165, 1.54) is 6.07 Å². The topological polar surface area (TPSA) is 57.5 Å². The van der Waals surface area contributed by atoms with Crippen LogP contribution in [-0.2, 0) is 0 Å². The molecule has 1 heterocycles. The van der Waals surface area contributed by atoms with Crippen molar-refractivity contribution in [2.45, 2.75) is 13.3 Å². The second-order valence-electron chi connectivity index (χ2n) is 5.50. The summed E-state index contributed by atoms with van der Waals surface area (Å²) in [6.45, 7) is 3.71. The number of rotatable bonds is 5. The highest BCUT2D eigenvalue weighted by molar-refractivity contribution is 7.80. The Balaban J connectivity index is 1.99. The van der Waals surface area contributed by atoms with Crippen molar-refractivity contribution in [3.05, 3.63) is 40.2 Å². The Bertz CT molecular complexity index is 725. The molecular formula is C16H21N3O2S. The van der Waals surface area contributed by atoms with Gasteiger partial charge < -0.3 is 20.0 Å². The fourth-order valence-corrected chi connectivity index (χ4v) is 2.40. The normalized spacial score (nSPS) is 10.9. The van der Waals surface area contributed by atoms with E-state index in [2.05, 4.69) is 15.5 Å². The average molecular weight is 319 g/mol. The summed E-state index contributed by atoms with van der Waals surface area (Å²) in [4.78, 5) is 13.6. The summed E-state index contributed by atoms with van der Waals surface area (Å²) in [6, 6.07) is 7.12. The van der Waals surface area contributed by atoms with Gasteiger partial charge in [0.25, 0.3) is 0 Å². The molecule has 0 radical (unpaired) electrons. The summed E-state index contributed by atoms with van der Waals surface area (Å²) in [5, 5.41) is 7.75. The van der Waals surface area contributed by atoms with Gasteiger partial charge in [-0.15, -0.1) is 0 Å². The minimum Gasteiger partial charge on any atom is -0.423 e. The zero-order valence-corrected chi connectivity index (χ0v) is 13.9. The van der Waals surface area contributed by atoms with Gasteiger partial charge >= 0.3 is 5.63 Å². The number of hydrogen-bond acceptors (Lipinski definition) is 4. The van der Waals surface area contributed by atoms with Crippen LogP contribution in [0.3, 0.4) is 0 Å². The van der Waals surface area contributed by atoms with E-state index in [0.29, 0.717) is 10.7 Å². The third-order valence-electron chi connectivity index (χ3n) is 3.28. The molecule has 0 saturated carbocycles. The number of anilines is 1. The minimum atomic E-state index is -0.341. The van der Waals surface area contributed by atoms with Crippen molar-refractivity contribution in [1.82, 2.24) is 10.2 Å². The van der Waals surface area contributed by atoms with E-state index in [9.17, 15) is 4.79 Å². The molecular weight excluding hydrogens is 298 g/mol. The van der Waals surface area contributed by atoms with E-state index in [0.717, 1.165) is 36.1 Å². The zero-order chi connectivity index (χ0) is 16.1. The largest absolute Gasteiger partial charge is 0.423 e. The van der Waals surface area contributed by atoms with Crippen molar-refractivity contribution in [1.29, 1.82) is 0 Å². The van der Waals surface area contributed by atoms with Crippen LogP contribution in [-0.4, -0.2) is 37.2 Å². The average Bonchev–Trinajstić information content (AvgIpc) is 2.42. The van der Waals surface area contributed by atoms with Gasteiger partial charge in [0, 0.05) is 29.8 Å². The van der Waals surface area contributed by atoms with Crippen molar-refractivity contribution >= 4 is 34.0 Å². The third kappa shape index (κ3) is 4.54. The molecule has 118 valence electrons. The number of nitrogens with zero attached hydrogens (tertiary/aromatic N) is 1. The molecule has 1 aromatic heterocycles. The lowest BCUT2D eigenvalue weighted by atomic mass is 10.1. The van der Waals surface area contributed by atoms with E-state index in [4.69, 9.17) is 16.6 Å². The lowest BCUT2D eigenvalue weighted by Gasteiger charge is -2.13. The predicted octanol–water partition coefficient (Wildman–Crippen LogP) is 2.34. The molecule has 0 aliphatic rings. The van der Waals surface area contributed by atoms with Crippen LogP contribution in [0.25, 0.3) is 11.0 Å². The Kier molecular flexibility index (Phi) is 5.51. The molecule has 1 aromatic carbocycles. The molecule has 0 amide bonds. The van der Waals surface area contributed by atoms with Crippen LogP contribution in [0.2, 0.25) is 0 Å². The van der Waals surface area contributed by atoms with E-state index in [1.54, 1.807) is 6.07 Å². The fourth-order valence-electron chi connectivity index (χ4n) is 2.18. The van der Waals surface area contributed by atoms with Crippen molar-refractivity contribution in [2.75, 3.05) is 32.5 Å². The van der Waals surface area contributed by atoms with Crippen LogP contribution in [0.15, 0.2) is 33.5 Å². The van der Waals surface area contributed by atoms with Gasteiger partial charge in [0.15, 0.2) is 5.11 Å². The SMILES string of the molecule is Cc1cc(=O)oc2cc(NC(=S)NCCCN(C)C)ccc12. The zero-order valence-electron chi connectivity index (χ0n) is 13.1. The summed E-state index contributed by atoms with van der Waals surface area (Å²) >= 11 is 5.26. The molecule has 2 N–H and O–H groups in total. The highest BCUT2D eigenvalue weighted by atomic mass is 32.1. The number of hydrogen-bond donors (Lipinski definition) is 2. The molecule has 22 heavy (non-hydrogen) atoms. The van der Waals surface area contributed by atoms with E-state index in [-0.39, 0.29) is 5.63 Å². The first-order valence-corrected chi connectivity index (χ1v) is 7.60. The first kappa shape index (κ1) is 16.5. The van der Waals surface area contributed by atoms with Crippen molar-refractivity contribution < 1.29 is 4.42 Å². The third-order valence-corrected chi connectivity index (χ3v) is 3.52. The number of aryl methyl sites for hydroxylation is 1. The molecule has 2 aromatic rings.